The summed E-state index contributed by atoms with van der Waals surface area (Å²) in [6, 6.07) is 14.0. The van der Waals surface area contributed by atoms with Gasteiger partial charge in [0.25, 0.3) is 0 Å². The molecular weight excluding hydrogens is 448 g/mol. The number of halogens is 1. The fourth-order valence-electron chi connectivity index (χ4n) is 3.77. The van der Waals surface area contributed by atoms with Crippen LogP contribution < -0.4 is 5.32 Å². The number of nitrogens with one attached hydrogen (secondary N) is 1. The van der Waals surface area contributed by atoms with Crippen molar-refractivity contribution in [2.24, 2.45) is 0 Å². The van der Waals surface area contributed by atoms with E-state index in [1.54, 1.807) is 30.9 Å². The van der Waals surface area contributed by atoms with E-state index in [1.165, 1.54) is 6.33 Å². The molecule has 0 bridgehead atoms. The molecule has 0 atom stereocenters. The lowest BCUT2D eigenvalue weighted by Crippen LogP contribution is -2.26. The molecule has 0 aliphatic carbocycles. The summed E-state index contributed by atoms with van der Waals surface area (Å²) in [5.41, 5.74) is 3.81. The molecule has 2 N–H and O–H groups in total. The second-order valence-electron chi connectivity index (χ2n) is 8.82. The van der Waals surface area contributed by atoms with Gasteiger partial charge in [0.05, 0.1) is 29.1 Å². The van der Waals surface area contributed by atoms with Crippen LogP contribution in [0.25, 0.3) is 33.0 Å². The van der Waals surface area contributed by atoms with Crippen molar-refractivity contribution >= 4 is 33.9 Å². The van der Waals surface area contributed by atoms with Crippen molar-refractivity contribution in [3.05, 3.63) is 84.8 Å². The molecule has 5 aromatic rings. The topological polar surface area (TPSA) is 88.8 Å². The van der Waals surface area contributed by atoms with Crippen molar-refractivity contribution in [2.45, 2.75) is 26.0 Å². The number of pyridine rings is 1. The second-order valence-corrected chi connectivity index (χ2v) is 9.22. The van der Waals surface area contributed by atoms with Crippen LogP contribution in [0.5, 0.6) is 0 Å². The summed E-state index contributed by atoms with van der Waals surface area (Å²) in [6.45, 7) is 3.96. The monoisotopic (exact) mass is 470 g/mol. The van der Waals surface area contributed by atoms with E-state index < -0.39 is 5.60 Å². The van der Waals surface area contributed by atoms with E-state index in [9.17, 15) is 5.11 Å². The van der Waals surface area contributed by atoms with Crippen LogP contribution >= 0.6 is 11.6 Å². The Balaban J connectivity index is 1.40. The van der Waals surface area contributed by atoms with Gasteiger partial charge < -0.3 is 10.4 Å². The molecule has 0 spiro atoms. The standard InChI is InChI=1S/C26H23ClN6O/c1-26(2,34)15-33-14-22(13-31-33)17-3-4-19-12-30-25(9-20(19)7-17)32-24-6-5-18(8-23(24)27)21-10-28-16-29-11-21/h3-14,16,34H,15H2,1-2H3,(H,30,32). The minimum atomic E-state index is -0.826. The lowest BCUT2D eigenvalue weighted by molar-refractivity contribution is 0.0577. The van der Waals surface area contributed by atoms with Gasteiger partial charge in [0, 0.05) is 41.3 Å². The lowest BCUT2D eigenvalue weighted by Gasteiger charge is -2.16. The van der Waals surface area contributed by atoms with Crippen molar-refractivity contribution in [3.63, 3.8) is 0 Å². The molecule has 0 radical (unpaired) electrons. The highest BCUT2D eigenvalue weighted by molar-refractivity contribution is 6.33. The molecule has 0 aliphatic heterocycles. The lowest BCUT2D eigenvalue weighted by atomic mass is 10.0. The van der Waals surface area contributed by atoms with Gasteiger partial charge in [-0.3, -0.25) is 4.68 Å². The van der Waals surface area contributed by atoms with E-state index >= 15 is 0 Å². The first-order valence-corrected chi connectivity index (χ1v) is 11.2. The van der Waals surface area contributed by atoms with Crippen molar-refractivity contribution < 1.29 is 5.11 Å². The molecule has 2 aromatic carbocycles. The number of aliphatic hydroxyl groups is 1. The Morgan fingerprint density at radius 3 is 2.41 bits per heavy atom. The Morgan fingerprint density at radius 1 is 0.882 bits per heavy atom. The molecule has 7 nitrogen and oxygen atoms in total. The summed E-state index contributed by atoms with van der Waals surface area (Å²) in [5, 5.41) is 20.4. The Morgan fingerprint density at radius 2 is 1.65 bits per heavy atom. The highest BCUT2D eigenvalue weighted by Gasteiger charge is 2.14. The van der Waals surface area contributed by atoms with Crippen molar-refractivity contribution in [1.82, 2.24) is 24.7 Å². The highest BCUT2D eigenvalue weighted by Crippen LogP contribution is 2.31. The maximum atomic E-state index is 10.0. The molecule has 5 rings (SSSR count). The van der Waals surface area contributed by atoms with Gasteiger partial charge >= 0.3 is 0 Å². The van der Waals surface area contributed by atoms with Gasteiger partial charge in [0.2, 0.25) is 0 Å². The molecule has 0 fully saturated rings. The first-order chi connectivity index (χ1) is 16.3. The van der Waals surface area contributed by atoms with Crippen LogP contribution in [-0.4, -0.2) is 35.4 Å². The smallest absolute Gasteiger partial charge is 0.130 e. The van der Waals surface area contributed by atoms with Crippen LogP contribution in [0, 0.1) is 0 Å². The normalized spacial score (nSPS) is 11.6. The molecule has 0 amide bonds. The summed E-state index contributed by atoms with van der Waals surface area (Å²) >= 11 is 6.54. The van der Waals surface area contributed by atoms with Crippen molar-refractivity contribution in [1.29, 1.82) is 0 Å². The van der Waals surface area contributed by atoms with E-state index in [2.05, 4.69) is 31.4 Å². The van der Waals surface area contributed by atoms with Gasteiger partial charge in [-0.15, -0.1) is 0 Å². The van der Waals surface area contributed by atoms with Crippen LogP contribution in [0.3, 0.4) is 0 Å². The first-order valence-electron chi connectivity index (χ1n) is 10.8. The first kappa shape index (κ1) is 22.0. The predicted octanol–water partition coefficient (Wildman–Crippen LogP) is 5.72. The largest absolute Gasteiger partial charge is 0.389 e. The van der Waals surface area contributed by atoms with E-state index in [-0.39, 0.29) is 0 Å². The minimum absolute atomic E-state index is 0.426. The van der Waals surface area contributed by atoms with Gasteiger partial charge in [-0.1, -0.05) is 29.8 Å². The van der Waals surface area contributed by atoms with Gasteiger partial charge in [0.1, 0.15) is 12.1 Å². The number of nitrogens with zero attached hydrogens (tertiary/aromatic N) is 5. The third kappa shape index (κ3) is 4.90. The molecule has 8 heteroatoms. The zero-order chi connectivity index (χ0) is 23.7. The zero-order valence-electron chi connectivity index (χ0n) is 18.8. The Labute approximate surface area is 202 Å². The Bertz CT molecular complexity index is 1460. The van der Waals surface area contributed by atoms with Gasteiger partial charge in [-0.25, -0.2) is 15.0 Å². The average Bonchev–Trinajstić information content (AvgIpc) is 3.27. The number of hydrogen-bond acceptors (Lipinski definition) is 6. The molecule has 3 heterocycles. The van der Waals surface area contributed by atoms with Gasteiger partial charge in [-0.05, 0) is 54.6 Å². The Kier molecular flexibility index (Phi) is 5.73. The minimum Gasteiger partial charge on any atom is -0.389 e. The van der Waals surface area contributed by atoms with Crippen LogP contribution in [-0.2, 0) is 6.54 Å². The average molecular weight is 471 g/mol. The number of anilines is 2. The van der Waals surface area contributed by atoms with Crippen molar-refractivity contribution in [3.8, 4) is 22.3 Å². The fourth-order valence-corrected chi connectivity index (χ4v) is 3.99. The van der Waals surface area contributed by atoms with Crippen LogP contribution in [0.1, 0.15) is 13.8 Å². The van der Waals surface area contributed by atoms with Crippen molar-refractivity contribution in [2.75, 3.05) is 5.32 Å². The maximum Gasteiger partial charge on any atom is 0.130 e. The van der Waals surface area contributed by atoms with Crippen LogP contribution in [0.15, 0.2) is 79.8 Å². The van der Waals surface area contributed by atoms with E-state index in [0.717, 1.165) is 38.7 Å². The van der Waals surface area contributed by atoms with E-state index in [4.69, 9.17) is 11.6 Å². The number of aromatic nitrogens is 5. The van der Waals surface area contributed by atoms with Crippen LogP contribution in [0.4, 0.5) is 11.5 Å². The highest BCUT2D eigenvalue weighted by atomic mass is 35.5. The summed E-state index contributed by atoms with van der Waals surface area (Å²) < 4.78 is 1.76. The zero-order valence-corrected chi connectivity index (χ0v) is 19.5. The molecule has 3 aromatic heterocycles. The SMILES string of the molecule is CC(C)(O)Cn1cc(-c2ccc3cnc(Nc4ccc(-c5cncnc5)cc4Cl)cc3c2)cn1. The number of rotatable bonds is 6. The number of benzene rings is 2. The summed E-state index contributed by atoms with van der Waals surface area (Å²) in [4.78, 5) is 12.7. The van der Waals surface area contributed by atoms with Gasteiger partial charge in [-0.2, -0.15) is 5.10 Å². The predicted molar refractivity (Wildman–Crippen MR) is 135 cm³/mol. The van der Waals surface area contributed by atoms with Crippen LogP contribution in [0.2, 0.25) is 5.02 Å². The molecule has 170 valence electrons. The molecule has 34 heavy (non-hydrogen) atoms. The molecular formula is C26H23ClN6O. The third-order valence-electron chi connectivity index (χ3n) is 5.36. The number of fused-ring (bicyclic) bond motifs is 1. The maximum absolute atomic E-state index is 10.0. The summed E-state index contributed by atoms with van der Waals surface area (Å²) in [5.74, 6) is 0.695. The second kappa shape index (κ2) is 8.85. The van der Waals surface area contributed by atoms with E-state index in [1.807, 2.05) is 55.0 Å². The summed E-state index contributed by atoms with van der Waals surface area (Å²) in [7, 11) is 0. The quantitative estimate of drug-likeness (QED) is 0.330. The number of hydrogen-bond donors (Lipinski definition) is 2. The van der Waals surface area contributed by atoms with Gasteiger partial charge in [0.15, 0.2) is 0 Å². The van der Waals surface area contributed by atoms with E-state index in [0.29, 0.717) is 17.4 Å². The molecule has 0 aliphatic rings. The third-order valence-corrected chi connectivity index (χ3v) is 5.68. The molecule has 0 saturated heterocycles. The Hall–Kier alpha value is -3.81. The molecule has 0 saturated carbocycles. The fraction of sp³-hybridized carbons (Fsp3) is 0.154. The molecule has 0 unspecified atom stereocenters. The summed E-state index contributed by atoms with van der Waals surface area (Å²) in [6.07, 6.45) is 10.6.